The number of hydrogen-bond acceptors (Lipinski definition) is 4. The third kappa shape index (κ3) is 2.42. The molecule has 0 bridgehead atoms. The lowest BCUT2D eigenvalue weighted by Gasteiger charge is -2.15. The van der Waals surface area contributed by atoms with E-state index in [0.29, 0.717) is 12.8 Å². The van der Waals surface area contributed by atoms with Crippen molar-refractivity contribution in [2.75, 3.05) is 7.11 Å². The van der Waals surface area contributed by atoms with Gasteiger partial charge >= 0.3 is 5.97 Å². The molecule has 1 aliphatic rings. The van der Waals surface area contributed by atoms with E-state index < -0.39 is 0 Å². The van der Waals surface area contributed by atoms with Crippen molar-refractivity contribution in [1.82, 2.24) is 0 Å². The highest BCUT2D eigenvalue weighted by atomic mass is 16.5. The standard InChI is InChI=1S/C13H17NO3/c1-17-13(16)5-4-10-11-7-9(15)3-2-8(11)6-12(10)14/h2-3,7,10,12,15H,4-6,14H2,1H3. The number of aromatic hydroxyl groups is 1. The third-order valence-electron chi connectivity index (χ3n) is 3.39. The van der Waals surface area contributed by atoms with Gasteiger partial charge in [0.05, 0.1) is 7.11 Å². The summed E-state index contributed by atoms with van der Waals surface area (Å²) in [6, 6.07) is 5.36. The van der Waals surface area contributed by atoms with E-state index >= 15 is 0 Å². The summed E-state index contributed by atoms with van der Waals surface area (Å²) in [6.45, 7) is 0. The van der Waals surface area contributed by atoms with Crippen molar-refractivity contribution in [3.63, 3.8) is 0 Å². The number of phenols is 1. The zero-order chi connectivity index (χ0) is 12.4. The number of nitrogens with two attached hydrogens (primary N) is 1. The number of fused-ring (bicyclic) bond motifs is 1. The Morgan fingerprint density at radius 2 is 2.35 bits per heavy atom. The molecule has 0 fully saturated rings. The van der Waals surface area contributed by atoms with Gasteiger partial charge in [0.1, 0.15) is 5.75 Å². The second kappa shape index (κ2) is 4.75. The van der Waals surface area contributed by atoms with Gasteiger partial charge in [-0.3, -0.25) is 4.79 Å². The molecular weight excluding hydrogens is 218 g/mol. The summed E-state index contributed by atoms with van der Waals surface area (Å²) in [4.78, 5) is 11.1. The first-order valence-electron chi connectivity index (χ1n) is 5.76. The van der Waals surface area contributed by atoms with Crippen LogP contribution in [0.3, 0.4) is 0 Å². The predicted octanol–water partition coefficient (Wildman–Crippen LogP) is 1.31. The third-order valence-corrected chi connectivity index (χ3v) is 3.39. The fourth-order valence-corrected chi connectivity index (χ4v) is 2.49. The Morgan fingerprint density at radius 1 is 1.59 bits per heavy atom. The van der Waals surface area contributed by atoms with Crippen LogP contribution in [0, 0.1) is 0 Å². The molecule has 0 heterocycles. The van der Waals surface area contributed by atoms with E-state index in [1.54, 1.807) is 12.1 Å². The number of benzene rings is 1. The van der Waals surface area contributed by atoms with Gasteiger partial charge in [0.2, 0.25) is 0 Å². The molecule has 1 aromatic carbocycles. The summed E-state index contributed by atoms with van der Waals surface area (Å²) in [5, 5.41) is 9.49. The SMILES string of the molecule is COC(=O)CCC1c2cc(O)ccc2CC1N. The summed E-state index contributed by atoms with van der Waals surface area (Å²) >= 11 is 0. The molecule has 0 spiro atoms. The molecule has 17 heavy (non-hydrogen) atoms. The first-order valence-corrected chi connectivity index (χ1v) is 5.76. The van der Waals surface area contributed by atoms with E-state index in [1.165, 1.54) is 12.7 Å². The first kappa shape index (κ1) is 11.9. The largest absolute Gasteiger partial charge is 0.508 e. The lowest BCUT2D eigenvalue weighted by molar-refractivity contribution is -0.140. The van der Waals surface area contributed by atoms with Crippen molar-refractivity contribution in [2.24, 2.45) is 5.73 Å². The van der Waals surface area contributed by atoms with Gasteiger partial charge in [0, 0.05) is 18.4 Å². The van der Waals surface area contributed by atoms with Gasteiger partial charge in [-0.1, -0.05) is 6.07 Å². The molecular formula is C13H17NO3. The van der Waals surface area contributed by atoms with Gasteiger partial charge in [-0.05, 0) is 36.1 Å². The zero-order valence-corrected chi connectivity index (χ0v) is 9.85. The van der Waals surface area contributed by atoms with Crippen molar-refractivity contribution in [2.45, 2.75) is 31.2 Å². The number of rotatable bonds is 3. The summed E-state index contributed by atoms with van der Waals surface area (Å²) < 4.78 is 4.63. The van der Waals surface area contributed by atoms with E-state index in [4.69, 9.17) is 5.73 Å². The van der Waals surface area contributed by atoms with E-state index in [2.05, 4.69) is 4.74 Å². The number of ether oxygens (including phenoxy) is 1. The predicted molar refractivity (Wildman–Crippen MR) is 63.8 cm³/mol. The summed E-state index contributed by atoms with van der Waals surface area (Å²) in [5.41, 5.74) is 8.32. The molecule has 0 saturated carbocycles. The van der Waals surface area contributed by atoms with E-state index in [9.17, 15) is 9.90 Å². The molecule has 0 aromatic heterocycles. The molecule has 3 N–H and O–H groups in total. The van der Waals surface area contributed by atoms with Crippen molar-refractivity contribution in [3.8, 4) is 5.75 Å². The average Bonchev–Trinajstić information content (AvgIpc) is 2.61. The average molecular weight is 235 g/mol. The Kier molecular flexibility index (Phi) is 3.33. The van der Waals surface area contributed by atoms with Crippen molar-refractivity contribution < 1.29 is 14.6 Å². The Morgan fingerprint density at radius 3 is 3.06 bits per heavy atom. The van der Waals surface area contributed by atoms with Gasteiger partial charge in [0.25, 0.3) is 0 Å². The summed E-state index contributed by atoms with van der Waals surface area (Å²) in [7, 11) is 1.39. The monoisotopic (exact) mass is 235 g/mol. The number of esters is 1. The molecule has 4 nitrogen and oxygen atoms in total. The van der Waals surface area contributed by atoms with Crippen LogP contribution in [0.15, 0.2) is 18.2 Å². The quantitative estimate of drug-likeness (QED) is 0.775. The first-order chi connectivity index (χ1) is 8.11. The van der Waals surface area contributed by atoms with Gasteiger partial charge in [0.15, 0.2) is 0 Å². The number of carbonyl (C=O) groups is 1. The van der Waals surface area contributed by atoms with Crippen LogP contribution < -0.4 is 5.73 Å². The van der Waals surface area contributed by atoms with E-state index in [-0.39, 0.29) is 23.7 Å². The molecule has 2 rings (SSSR count). The molecule has 0 saturated heterocycles. The normalized spacial score (nSPS) is 22.2. The number of phenolic OH excluding ortho intramolecular Hbond substituents is 1. The Balaban J connectivity index is 2.13. The number of hydrogen-bond donors (Lipinski definition) is 2. The molecule has 0 aliphatic heterocycles. The van der Waals surface area contributed by atoms with Gasteiger partial charge < -0.3 is 15.6 Å². The molecule has 92 valence electrons. The fourth-order valence-electron chi connectivity index (χ4n) is 2.49. The molecule has 2 unspecified atom stereocenters. The minimum Gasteiger partial charge on any atom is -0.508 e. The van der Waals surface area contributed by atoms with Crippen LogP contribution in [0.5, 0.6) is 5.75 Å². The van der Waals surface area contributed by atoms with Gasteiger partial charge in [-0.25, -0.2) is 0 Å². The second-order valence-corrected chi connectivity index (χ2v) is 4.47. The molecule has 0 radical (unpaired) electrons. The second-order valence-electron chi connectivity index (χ2n) is 4.47. The van der Waals surface area contributed by atoms with Crippen LogP contribution in [0.1, 0.15) is 29.9 Å². The smallest absolute Gasteiger partial charge is 0.305 e. The summed E-state index contributed by atoms with van der Waals surface area (Å²) in [5.74, 6) is 0.169. The Hall–Kier alpha value is -1.55. The highest BCUT2D eigenvalue weighted by Gasteiger charge is 2.30. The molecule has 1 aliphatic carbocycles. The molecule has 1 aromatic rings. The maximum atomic E-state index is 11.1. The van der Waals surface area contributed by atoms with Crippen LogP contribution in [-0.4, -0.2) is 24.2 Å². The van der Waals surface area contributed by atoms with Crippen LogP contribution in [-0.2, 0) is 16.0 Å². The van der Waals surface area contributed by atoms with Crippen LogP contribution in [0.2, 0.25) is 0 Å². The van der Waals surface area contributed by atoms with Crippen molar-refractivity contribution >= 4 is 5.97 Å². The Labute approximate surface area is 100 Å². The maximum Gasteiger partial charge on any atom is 0.305 e. The minimum absolute atomic E-state index is 0.0245. The molecule has 0 amide bonds. The summed E-state index contributed by atoms with van der Waals surface area (Å²) in [6.07, 6.45) is 1.84. The van der Waals surface area contributed by atoms with Crippen LogP contribution >= 0.6 is 0 Å². The lowest BCUT2D eigenvalue weighted by atomic mass is 9.93. The van der Waals surface area contributed by atoms with Gasteiger partial charge in [-0.15, -0.1) is 0 Å². The Bertz CT molecular complexity index is 431. The van der Waals surface area contributed by atoms with Crippen molar-refractivity contribution in [1.29, 1.82) is 0 Å². The van der Waals surface area contributed by atoms with Gasteiger partial charge in [-0.2, -0.15) is 0 Å². The number of carbonyl (C=O) groups excluding carboxylic acids is 1. The number of methoxy groups -OCH3 is 1. The molecule has 2 atom stereocenters. The van der Waals surface area contributed by atoms with E-state index in [0.717, 1.165) is 12.0 Å². The maximum absolute atomic E-state index is 11.1. The van der Waals surface area contributed by atoms with E-state index in [1.807, 2.05) is 6.07 Å². The lowest BCUT2D eigenvalue weighted by Crippen LogP contribution is -2.25. The topological polar surface area (TPSA) is 72.5 Å². The fraction of sp³-hybridized carbons (Fsp3) is 0.462. The zero-order valence-electron chi connectivity index (χ0n) is 9.85. The highest BCUT2D eigenvalue weighted by molar-refractivity contribution is 5.69. The van der Waals surface area contributed by atoms with Crippen molar-refractivity contribution in [3.05, 3.63) is 29.3 Å². The highest BCUT2D eigenvalue weighted by Crippen LogP contribution is 2.37. The van der Waals surface area contributed by atoms with Crippen LogP contribution in [0.4, 0.5) is 0 Å². The van der Waals surface area contributed by atoms with Crippen LogP contribution in [0.25, 0.3) is 0 Å². The molecule has 4 heteroatoms. The minimum atomic E-state index is -0.217.